The standard InChI is InChI=1S/C12H22N2O3S/c1-5-13(9-10(2)3)12(15)11-7-6-8-14(11)18(4,16)17/h11H,2,5-9H2,1,3-4H3. The van der Waals surface area contributed by atoms with Crippen LogP contribution < -0.4 is 0 Å². The SMILES string of the molecule is C=C(C)CN(CC)C(=O)C1CCCN1S(C)(=O)=O. The number of hydrogen-bond donors (Lipinski definition) is 0. The summed E-state index contributed by atoms with van der Waals surface area (Å²) in [4.78, 5) is 14.0. The fourth-order valence-electron chi connectivity index (χ4n) is 2.27. The molecule has 6 heteroatoms. The van der Waals surface area contributed by atoms with E-state index in [1.807, 2.05) is 13.8 Å². The quantitative estimate of drug-likeness (QED) is 0.698. The average molecular weight is 274 g/mol. The third-order valence-electron chi connectivity index (χ3n) is 3.07. The van der Waals surface area contributed by atoms with Gasteiger partial charge in [0.1, 0.15) is 6.04 Å². The molecule has 0 aliphatic carbocycles. The lowest BCUT2D eigenvalue weighted by Crippen LogP contribution is -2.47. The molecule has 0 bridgehead atoms. The zero-order chi connectivity index (χ0) is 13.9. The van der Waals surface area contributed by atoms with Crippen LogP contribution in [0.3, 0.4) is 0 Å². The van der Waals surface area contributed by atoms with E-state index in [1.165, 1.54) is 4.31 Å². The molecular formula is C12H22N2O3S. The molecule has 1 rings (SSSR count). The first-order valence-corrected chi connectivity index (χ1v) is 8.02. The Balaban J connectivity index is 2.85. The number of amides is 1. The van der Waals surface area contributed by atoms with Crippen molar-refractivity contribution in [2.75, 3.05) is 25.9 Å². The van der Waals surface area contributed by atoms with Gasteiger partial charge >= 0.3 is 0 Å². The highest BCUT2D eigenvalue weighted by atomic mass is 32.2. The highest BCUT2D eigenvalue weighted by Gasteiger charge is 2.38. The predicted octanol–water partition coefficient (Wildman–Crippen LogP) is 0.835. The lowest BCUT2D eigenvalue weighted by molar-refractivity contribution is -0.134. The van der Waals surface area contributed by atoms with Crippen molar-refractivity contribution in [1.29, 1.82) is 0 Å². The van der Waals surface area contributed by atoms with Gasteiger partial charge in [0.15, 0.2) is 0 Å². The molecule has 1 amide bonds. The van der Waals surface area contributed by atoms with Crippen LogP contribution in [0.25, 0.3) is 0 Å². The Labute approximate surface area is 110 Å². The molecule has 1 saturated heterocycles. The molecule has 104 valence electrons. The van der Waals surface area contributed by atoms with Crippen molar-refractivity contribution in [2.45, 2.75) is 32.7 Å². The van der Waals surface area contributed by atoms with Crippen LogP contribution >= 0.6 is 0 Å². The van der Waals surface area contributed by atoms with Crippen molar-refractivity contribution in [3.05, 3.63) is 12.2 Å². The predicted molar refractivity (Wildman–Crippen MR) is 71.6 cm³/mol. The van der Waals surface area contributed by atoms with E-state index in [-0.39, 0.29) is 5.91 Å². The zero-order valence-corrected chi connectivity index (χ0v) is 12.2. The minimum Gasteiger partial charge on any atom is -0.338 e. The Morgan fingerprint density at radius 1 is 1.50 bits per heavy atom. The summed E-state index contributed by atoms with van der Waals surface area (Å²) in [5.41, 5.74) is 0.897. The maximum Gasteiger partial charge on any atom is 0.241 e. The third-order valence-corrected chi connectivity index (χ3v) is 4.36. The first-order chi connectivity index (χ1) is 8.27. The van der Waals surface area contributed by atoms with Crippen LogP contribution in [-0.2, 0) is 14.8 Å². The number of nitrogens with zero attached hydrogens (tertiary/aromatic N) is 2. The highest BCUT2D eigenvalue weighted by molar-refractivity contribution is 7.88. The van der Waals surface area contributed by atoms with Crippen molar-refractivity contribution in [1.82, 2.24) is 9.21 Å². The molecule has 1 aliphatic heterocycles. The minimum atomic E-state index is -3.30. The first-order valence-electron chi connectivity index (χ1n) is 6.17. The van der Waals surface area contributed by atoms with Gasteiger partial charge in [0.25, 0.3) is 0 Å². The largest absolute Gasteiger partial charge is 0.338 e. The molecule has 0 aromatic heterocycles. The number of carbonyl (C=O) groups is 1. The number of carbonyl (C=O) groups excluding carboxylic acids is 1. The summed E-state index contributed by atoms with van der Waals surface area (Å²) in [5.74, 6) is -0.108. The average Bonchev–Trinajstić information content (AvgIpc) is 2.72. The van der Waals surface area contributed by atoms with Gasteiger partial charge in [-0.3, -0.25) is 4.79 Å². The van der Waals surface area contributed by atoms with E-state index >= 15 is 0 Å². The molecule has 0 N–H and O–H groups in total. The number of sulfonamides is 1. The summed E-state index contributed by atoms with van der Waals surface area (Å²) in [6.07, 6.45) is 2.51. The van der Waals surface area contributed by atoms with Gasteiger partial charge in [-0.1, -0.05) is 12.2 Å². The molecule has 0 spiro atoms. The molecule has 1 heterocycles. The van der Waals surface area contributed by atoms with E-state index in [1.54, 1.807) is 4.90 Å². The second-order valence-electron chi connectivity index (χ2n) is 4.84. The van der Waals surface area contributed by atoms with Gasteiger partial charge in [-0.15, -0.1) is 0 Å². The van der Waals surface area contributed by atoms with Crippen LogP contribution in [0.2, 0.25) is 0 Å². The monoisotopic (exact) mass is 274 g/mol. The molecular weight excluding hydrogens is 252 g/mol. The Hall–Kier alpha value is -0.880. The molecule has 18 heavy (non-hydrogen) atoms. The summed E-state index contributed by atoms with van der Waals surface area (Å²) in [5, 5.41) is 0. The van der Waals surface area contributed by atoms with Gasteiger partial charge in [0.05, 0.1) is 6.26 Å². The molecule has 0 aromatic rings. The van der Waals surface area contributed by atoms with Crippen LogP contribution in [0.5, 0.6) is 0 Å². The van der Waals surface area contributed by atoms with Crippen LogP contribution in [0.15, 0.2) is 12.2 Å². The first kappa shape index (κ1) is 15.2. The number of likely N-dealkylation sites (N-methyl/N-ethyl adjacent to an activating group) is 1. The molecule has 1 atom stereocenters. The smallest absolute Gasteiger partial charge is 0.241 e. The summed E-state index contributed by atoms with van der Waals surface area (Å²) >= 11 is 0. The van der Waals surface area contributed by atoms with Crippen LogP contribution in [0.1, 0.15) is 26.7 Å². The Kier molecular flexibility index (Phi) is 4.92. The molecule has 1 fully saturated rings. The molecule has 0 saturated carbocycles. The van der Waals surface area contributed by atoms with Crippen molar-refractivity contribution in [2.24, 2.45) is 0 Å². The summed E-state index contributed by atoms with van der Waals surface area (Å²) in [6, 6.07) is -0.528. The Bertz CT molecular complexity index is 431. The van der Waals surface area contributed by atoms with E-state index < -0.39 is 16.1 Å². The molecule has 0 aromatic carbocycles. The lowest BCUT2D eigenvalue weighted by atomic mass is 10.2. The van der Waals surface area contributed by atoms with E-state index in [0.717, 1.165) is 18.2 Å². The van der Waals surface area contributed by atoms with Gasteiger partial charge in [-0.25, -0.2) is 8.42 Å². The van der Waals surface area contributed by atoms with Crippen LogP contribution in [0.4, 0.5) is 0 Å². The normalized spacial score (nSPS) is 20.9. The van der Waals surface area contributed by atoms with Gasteiger partial charge in [0, 0.05) is 19.6 Å². The Morgan fingerprint density at radius 2 is 2.11 bits per heavy atom. The molecule has 5 nitrogen and oxygen atoms in total. The molecule has 0 radical (unpaired) electrons. The van der Waals surface area contributed by atoms with E-state index in [0.29, 0.717) is 26.1 Å². The second kappa shape index (κ2) is 5.84. The van der Waals surface area contributed by atoms with Crippen LogP contribution in [-0.4, -0.2) is 55.5 Å². The van der Waals surface area contributed by atoms with Gasteiger partial charge < -0.3 is 4.90 Å². The van der Waals surface area contributed by atoms with E-state index in [9.17, 15) is 13.2 Å². The fraction of sp³-hybridized carbons (Fsp3) is 0.750. The fourth-order valence-corrected chi connectivity index (χ4v) is 3.38. The van der Waals surface area contributed by atoms with Crippen molar-refractivity contribution in [3.63, 3.8) is 0 Å². The maximum atomic E-state index is 12.3. The van der Waals surface area contributed by atoms with Gasteiger partial charge in [0.2, 0.25) is 15.9 Å². The maximum absolute atomic E-state index is 12.3. The lowest BCUT2D eigenvalue weighted by Gasteiger charge is -2.28. The summed E-state index contributed by atoms with van der Waals surface area (Å²) < 4.78 is 24.6. The third kappa shape index (κ3) is 3.55. The second-order valence-corrected chi connectivity index (χ2v) is 6.78. The zero-order valence-electron chi connectivity index (χ0n) is 11.3. The topological polar surface area (TPSA) is 57.7 Å². The summed E-state index contributed by atoms with van der Waals surface area (Å²) in [7, 11) is -3.30. The van der Waals surface area contributed by atoms with Crippen molar-refractivity contribution in [3.8, 4) is 0 Å². The Morgan fingerprint density at radius 3 is 2.56 bits per heavy atom. The van der Waals surface area contributed by atoms with Gasteiger partial charge in [-0.2, -0.15) is 4.31 Å². The van der Waals surface area contributed by atoms with Crippen molar-refractivity contribution < 1.29 is 13.2 Å². The van der Waals surface area contributed by atoms with Gasteiger partial charge in [-0.05, 0) is 26.7 Å². The highest BCUT2D eigenvalue weighted by Crippen LogP contribution is 2.22. The van der Waals surface area contributed by atoms with Crippen LogP contribution in [0, 0.1) is 0 Å². The number of rotatable bonds is 5. The van der Waals surface area contributed by atoms with E-state index in [4.69, 9.17) is 0 Å². The van der Waals surface area contributed by atoms with E-state index in [2.05, 4.69) is 6.58 Å². The molecule has 1 aliphatic rings. The number of hydrogen-bond acceptors (Lipinski definition) is 3. The molecule has 1 unspecified atom stereocenters. The van der Waals surface area contributed by atoms with Crippen molar-refractivity contribution >= 4 is 15.9 Å². The minimum absolute atomic E-state index is 0.108. The summed E-state index contributed by atoms with van der Waals surface area (Å²) in [6.45, 7) is 9.05.